The number of fused-ring (bicyclic) bond motifs is 1. The highest BCUT2D eigenvalue weighted by Crippen LogP contribution is 2.36. The Hall–Kier alpha value is -2.23. The van der Waals surface area contributed by atoms with Gasteiger partial charge in [0.05, 0.1) is 10.9 Å². The van der Waals surface area contributed by atoms with Crippen LogP contribution < -0.4 is 10.9 Å². The summed E-state index contributed by atoms with van der Waals surface area (Å²) in [6.07, 6.45) is -3.86. The monoisotopic (exact) mass is 387 g/mol. The maximum atomic E-state index is 12.7. The lowest BCUT2D eigenvalue weighted by Gasteiger charge is -2.12. The fourth-order valence-corrected chi connectivity index (χ4v) is 3.30. The number of thioether (sulfide) groups is 1. The molecule has 1 aromatic heterocycles. The van der Waals surface area contributed by atoms with E-state index in [0.29, 0.717) is 21.8 Å². The number of benzene rings is 1. The number of alkyl halides is 3. The molecule has 0 bridgehead atoms. The molecule has 6 nitrogen and oxygen atoms in total. The summed E-state index contributed by atoms with van der Waals surface area (Å²) in [5.74, 6) is 0.346. The van der Waals surface area contributed by atoms with Gasteiger partial charge in [0.25, 0.3) is 5.56 Å². The van der Waals surface area contributed by atoms with Crippen molar-refractivity contribution in [3.63, 3.8) is 0 Å². The zero-order valence-electron chi connectivity index (χ0n) is 13.6. The molecule has 3 rings (SSSR count). The molecule has 1 aliphatic carbocycles. The number of nitrogens with zero attached hydrogens (tertiary/aromatic N) is 2. The molecule has 0 aliphatic heterocycles. The molecular weight excluding hydrogens is 371 g/mol. The lowest BCUT2D eigenvalue weighted by molar-refractivity contribution is -0.160. The number of alkyl carbamates (subject to hydrolysis) is 1. The largest absolute Gasteiger partial charge is 0.440 e. The molecule has 0 spiro atoms. The van der Waals surface area contributed by atoms with Gasteiger partial charge in [-0.05, 0) is 25.0 Å². The topological polar surface area (TPSA) is 73.2 Å². The first-order chi connectivity index (χ1) is 12.3. The van der Waals surface area contributed by atoms with Gasteiger partial charge in [-0.2, -0.15) is 13.2 Å². The summed E-state index contributed by atoms with van der Waals surface area (Å²) in [6.45, 7) is -1.53. The Kier molecular flexibility index (Phi) is 5.40. The molecule has 0 radical (unpaired) electrons. The number of carbonyl (C=O) groups is 1. The van der Waals surface area contributed by atoms with Gasteiger partial charge in [0.2, 0.25) is 0 Å². The molecule has 1 N–H and O–H groups in total. The summed E-state index contributed by atoms with van der Waals surface area (Å²) in [6, 6.07) is 7.20. The van der Waals surface area contributed by atoms with E-state index in [4.69, 9.17) is 0 Å². The third-order valence-corrected chi connectivity index (χ3v) is 4.61. The molecule has 0 atom stereocenters. The number of carbonyl (C=O) groups excluding carboxylic acids is 1. The van der Waals surface area contributed by atoms with Gasteiger partial charge in [0.1, 0.15) is 0 Å². The third kappa shape index (κ3) is 4.69. The number of rotatable bonds is 6. The van der Waals surface area contributed by atoms with Crippen molar-refractivity contribution in [2.45, 2.75) is 30.2 Å². The zero-order chi connectivity index (χ0) is 18.7. The molecule has 1 saturated carbocycles. The molecule has 1 amide bonds. The average Bonchev–Trinajstić information content (AvgIpc) is 3.41. The van der Waals surface area contributed by atoms with E-state index in [1.54, 1.807) is 28.8 Å². The third-order valence-electron chi connectivity index (χ3n) is 3.66. The highest BCUT2D eigenvalue weighted by molar-refractivity contribution is 7.99. The van der Waals surface area contributed by atoms with Crippen LogP contribution in [0.5, 0.6) is 0 Å². The van der Waals surface area contributed by atoms with Crippen molar-refractivity contribution in [1.82, 2.24) is 14.9 Å². The standard InChI is InChI=1S/C16H16F3N3O3S/c17-16(18,19)9-25-15(24)20-7-8-26-14-21-12-4-2-1-3-11(12)13(23)22(14)10-5-6-10/h1-4,10H,5-9H2,(H,20,24). The van der Waals surface area contributed by atoms with Crippen molar-refractivity contribution in [3.05, 3.63) is 34.6 Å². The maximum Gasteiger partial charge on any atom is 0.422 e. The number of nitrogens with one attached hydrogen (secondary N) is 1. The Bertz CT molecular complexity index is 865. The Balaban J connectivity index is 1.61. The molecule has 0 unspecified atom stereocenters. The molecule has 10 heteroatoms. The van der Waals surface area contributed by atoms with E-state index in [1.807, 2.05) is 0 Å². The second-order valence-corrected chi connectivity index (χ2v) is 6.85. The van der Waals surface area contributed by atoms with E-state index in [-0.39, 0.29) is 18.1 Å². The molecule has 26 heavy (non-hydrogen) atoms. The maximum absolute atomic E-state index is 12.7. The van der Waals surface area contributed by atoms with Gasteiger partial charge in [-0.3, -0.25) is 9.36 Å². The van der Waals surface area contributed by atoms with Crippen LogP contribution in [0.4, 0.5) is 18.0 Å². The molecular formula is C16H16F3N3O3S. The number of ether oxygens (including phenoxy) is 1. The fraction of sp³-hybridized carbons (Fsp3) is 0.438. The van der Waals surface area contributed by atoms with Crippen LogP contribution in [0.1, 0.15) is 18.9 Å². The number of aromatic nitrogens is 2. The van der Waals surface area contributed by atoms with Crippen LogP contribution in [0.25, 0.3) is 10.9 Å². The van der Waals surface area contributed by atoms with Crippen molar-refractivity contribution < 1.29 is 22.7 Å². The lowest BCUT2D eigenvalue weighted by atomic mass is 10.2. The fourth-order valence-electron chi connectivity index (χ4n) is 2.38. The predicted octanol–water partition coefficient (Wildman–Crippen LogP) is 3.11. The zero-order valence-corrected chi connectivity index (χ0v) is 14.4. The smallest absolute Gasteiger partial charge is 0.422 e. The second kappa shape index (κ2) is 7.56. The van der Waals surface area contributed by atoms with Crippen molar-refractivity contribution in [1.29, 1.82) is 0 Å². The molecule has 1 aromatic carbocycles. The minimum Gasteiger partial charge on any atom is -0.440 e. The Morgan fingerprint density at radius 2 is 2.08 bits per heavy atom. The van der Waals surface area contributed by atoms with Crippen molar-refractivity contribution >= 4 is 28.8 Å². The van der Waals surface area contributed by atoms with E-state index < -0.39 is 18.9 Å². The number of hydrogen-bond acceptors (Lipinski definition) is 5. The van der Waals surface area contributed by atoms with Crippen LogP contribution in [-0.4, -0.2) is 40.7 Å². The van der Waals surface area contributed by atoms with Crippen LogP contribution >= 0.6 is 11.8 Å². The normalized spacial score (nSPS) is 14.4. The van der Waals surface area contributed by atoms with E-state index in [9.17, 15) is 22.8 Å². The van der Waals surface area contributed by atoms with Crippen molar-refractivity contribution in [3.8, 4) is 0 Å². The van der Waals surface area contributed by atoms with Gasteiger partial charge < -0.3 is 10.1 Å². The first kappa shape index (κ1) is 18.6. The van der Waals surface area contributed by atoms with E-state index >= 15 is 0 Å². The number of halogens is 3. The van der Waals surface area contributed by atoms with Crippen LogP contribution in [-0.2, 0) is 4.74 Å². The van der Waals surface area contributed by atoms with E-state index in [1.165, 1.54) is 11.8 Å². The number of amides is 1. The predicted molar refractivity (Wildman–Crippen MR) is 90.4 cm³/mol. The van der Waals surface area contributed by atoms with Crippen molar-refractivity contribution in [2.24, 2.45) is 0 Å². The van der Waals surface area contributed by atoms with Gasteiger partial charge >= 0.3 is 12.3 Å². The summed E-state index contributed by atoms with van der Waals surface area (Å²) in [7, 11) is 0. The summed E-state index contributed by atoms with van der Waals surface area (Å²) in [4.78, 5) is 28.4. The summed E-state index contributed by atoms with van der Waals surface area (Å²) >= 11 is 1.27. The quantitative estimate of drug-likeness (QED) is 0.468. The summed E-state index contributed by atoms with van der Waals surface area (Å²) < 4.78 is 41.6. The molecule has 1 heterocycles. The molecule has 1 fully saturated rings. The van der Waals surface area contributed by atoms with Crippen LogP contribution in [0.15, 0.2) is 34.2 Å². The lowest BCUT2D eigenvalue weighted by Crippen LogP contribution is -2.30. The van der Waals surface area contributed by atoms with E-state index in [2.05, 4.69) is 15.0 Å². The molecule has 1 aliphatic rings. The average molecular weight is 387 g/mol. The highest BCUT2D eigenvalue weighted by atomic mass is 32.2. The Morgan fingerprint density at radius 1 is 1.35 bits per heavy atom. The van der Waals surface area contributed by atoms with Gasteiger partial charge in [0.15, 0.2) is 11.8 Å². The van der Waals surface area contributed by atoms with Crippen LogP contribution in [0.2, 0.25) is 0 Å². The van der Waals surface area contributed by atoms with Crippen LogP contribution in [0, 0.1) is 0 Å². The molecule has 140 valence electrons. The van der Waals surface area contributed by atoms with Gasteiger partial charge in [-0.15, -0.1) is 0 Å². The van der Waals surface area contributed by atoms with Crippen LogP contribution in [0.3, 0.4) is 0 Å². The highest BCUT2D eigenvalue weighted by Gasteiger charge is 2.30. The van der Waals surface area contributed by atoms with Gasteiger partial charge in [-0.25, -0.2) is 9.78 Å². The van der Waals surface area contributed by atoms with Gasteiger partial charge in [0, 0.05) is 18.3 Å². The first-order valence-electron chi connectivity index (χ1n) is 7.96. The van der Waals surface area contributed by atoms with Gasteiger partial charge in [-0.1, -0.05) is 23.9 Å². The Labute approximate surface area is 150 Å². The summed E-state index contributed by atoms with van der Waals surface area (Å²) in [5.41, 5.74) is 0.493. The van der Waals surface area contributed by atoms with E-state index in [0.717, 1.165) is 12.8 Å². The number of hydrogen-bond donors (Lipinski definition) is 1. The van der Waals surface area contributed by atoms with Crippen molar-refractivity contribution in [2.75, 3.05) is 18.9 Å². The second-order valence-electron chi connectivity index (χ2n) is 5.78. The molecule has 0 saturated heterocycles. The SMILES string of the molecule is O=C(NCCSc1nc2ccccc2c(=O)n1C1CC1)OCC(F)(F)F. The minimum atomic E-state index is -4.55. The first-order valence-corrected chi connectivity index (χ1v) is 8.95. The minimum absolute atomic E-state index is 0.0920. The summed E-state index contributed by atoms with van der Waals surface area (Å²) in [5, 5.41) is 3.34. The molecule has 2 aromatic rings. The number of para-hydroxylation sites is 1. The Morgan fingerprint density at radius 3 is 2.77 bits per heavy atom.